The second kappa shape index (κ2) is 6.45. The molecule has 110 valence electrons. The van der Waals surface area contributed by atoms with Gasteiger partial charge in [-0.1, -0.05) is 11.6 Å². The lowest BCUT2D eigenvalue weighted by atomic mass is 10.1. The molecule has 0 aliphatic rings. The van der Waals surface area contributed by atoms with Gasteiger partial charge in [0.1, 0.15) is 11.6 Å². The molecule has 0 saturated carbocycles. The monoisotopic (exact) mass is 309 g/mol. The van der Waals surface area contributed by atoms with Crippen molar-refractivity contribution in [2.45, 2.75) is 6.54 Å². The van der Waals surface area contributed by atoms with Crippen LogP contribution in [-0.4, -0.2) is 18.2 Å². The van der Waals surface area contributed by atoms with Gasteiger partial charge in [0.25, 0.3) is 0 Å². The highest BCUT2D eigenvalue weighted by atomic mass is 35.5. The van der Waals surface area contributed by atoms with Gasteiger partial charge in [-0.3, -0.25) is 0 Å². The fraction of sp³-hybridized carbons (Fsp3) is 0.133. The van der Waals surface area contributed by atoms with Gasteiger partial charge in [-0.05, 0) is 36.4 Å². The minimum atomic E-state index is -1.09. The van der Waals surface area contributed by atoms with E-state index >= 15 is 0 Å². The summed E-state index contributed by atoms with van der Waals surface area (Å²) in [7, 11) is 1.51. The minimum Gasteiger partial charge on any atom is -0.495 e. The number of ether oxygens (including phenoxy) is 1. The molecule has 0 amide bonds. The summed E-state index contributed by atoms with van der Waals surface area (Å²) < 4.78 is 18.7. The molecule has 2 N–H and O–H groups in total. The number of aromatic carboxylic acids is 1. The van der Waals surface area contributed by atoms with Crippen LogP contribution in [0.15, 0.2) is 36.4 Å². The van der Waals surface area contributed by atoms with Gasteiger partial charge in [-0.25, -0.2) is 9.18 Å². The van der Waals surface area contributed by atoms with Crippen LogP contribution in [0.1, 0.15) is 15.9 Å². The highest BCUT2D eigenvalue weighted by Crippen LogP contribution is 2.27. The van der Waals surface area contributed by atoms with Crippen LogP contribution < -0.4 is 10.1 Å². The first-order chi connectivity index (χ1) is 10.0. The van der Waals surface area contributed by atoms with Crippen LogP contribution in [0.25, 0.3) is 0 Å². The summed E-state index contributed by atoms with van der Waals surface area (Å²) in [4.78, 5) is 10.9. The number of hydrogen-bond acceptors (Lipinski definition) is 3. The Morgan fingerprint density at radius 2 is 2.10 bits per heavy atom. The molecule has 0 bridgehead atoms. The lowest BCUT2D eigenvalue weighted by Crippen LogP contribution is -2.05. The molecule has 21 heavy (non-hydrogen) atoms. The van der Waals surface area contributed by atoms with Gasteiger partial charge in [0.2, 0.25) is 0 Å². The number of carbonyl (C=O) groups is 1. The molecule has 6 heteroatoms. The largest absolute Gasteiger partial charge is 0.495 e. The molecular weight excluding hydrogens is 297 g/mol. The van der Waals surface area contributed by atoms with E-state index in [-0.39, 0.29) is 17.7 Å². The molecule has 0 saturated heterocycles. The van der Waals surface area contributed by atoms with Gasteiger partial charge in [0.05, 0.1) is 17.7 Å². The lowest BCUT2D eigenvalue weighted by molar-refractivity contribution is 0.0696. The number of carboxylic acids is 1. The number of anilines is 1. The molecule has 0 heterocycles. The maximum absolute atomic E-state index is 13.7. The van der Waals surface area contributed by atoms with E-state index in [2.05, 4.69) is 5.32 Å². The van der Waals surface area contributed by atoms with Crippen LogP contribution in [0.4, 0.5) is 10.1 Å². The predicted octanol–water partition coefficient (Wildman–Crippen LogP) is 3.80. The summed E-state index contributed by atoms with van der Waals surface area (Å²) in [6, 6.07) is 8.75. The minimum absolute atomic E-state index is 0.0426. The van der Waals surface area contributed by atoms with E-state index in [0.717, 1.165) is 6.07 Å². The maximum Gasteiger partial charge on any atom is 0.335 e. The number of halogens is 2. The predicted molar refractivity (Wildman–Crippen MR) is 78.7 cm³/mol. The van der Waals surface area contributed by atoms with Crippen molar-refractivity contribution in [3.63, 3.8) is 0 Å². The fourth-order valence-corrected chi connectivity index (χ4v) is 2.07. The summed E-state index contributed by atoms with van der Waals surface area (Å²) >= 11 is 5.99. The fourth-order valence-electron chi connectivity index (χ4n) is 1.82. The summed E-state index contributed by atoms with van der Waals surface area (Å²) in [5, 5.41) is 12.3. The van der Waals surface area contributed by atoms with Gasteiger partial charge in [-0.2, -0.15) is 0 Å². The highest BCUT2D eigenvalue weighted by molar-refractivity contribution is 6.32. The maximum atomic E-state index is 13.7. The van der Waals surface area contributed by atoms with Crippen LogP contribution in [0.3, 0.4) is 0 Å². The molecule has 0 unspecified atom stereocenters. The van der Waals surface area contributed by atoms with E-state index < -0.39 is 11.8 Å². The highest BCUT2D eigenvalue weighted by Gasteiger charge is 2.09. The van der Waals surface area contributed by atoms with Crippen molar-refractivity contribution in [1.82, 2.24) is 0 Å². The van der Waals surface area contributed by atoms with Gasteiger partial charge in [0, 0.05) is 17.8 Å². The second-order valence-electron chi connectivity index (χ2n) is 4.31. The normalized spacial score (nSPS) is 10.2. The van der Waals surface area contributed by atoms with Crippen molar-refractivity contribution in [2.24, 2.45) is 0 Å². The van der Waals surface area contributed by atoms with E-state index in [9.17, 15) is 9.18 Å². The first-order valence-electron chi connectivity index (χ1n) is 6.10. The van der Waals surface area contributed by atoms with Crippen molar-refractivity contribution in [1.29, 1.82) is 0 Å². The van der Waals surface area contributed by atoms with Crippen LogP contribution >= 0.6 is 11.6 Å². The zero-order chi connectivity index (χ0) is 15.4. The van der Waals surface area contributed by atoms with E-state index in [1.807, 2.05) is 0 Å². The smallest absolute Gasteiger partial charge is 0.335 e. The number of nitrogens with one attached hydrogen (secondary N) is 1. The number of benzene rings is 2. The lowest BCUT2D eigenvalue weighted by Gasteiger charge is -2.10. The molecule has 0 atom stereocenters. The second-order valence-corrected chi connectivity index (χ2v) is 4.72. The Morgan fingerprint density at radius 1 is 1.33 bits per heavy atom. The van der Waals surface area contributed by atoms with E-state index in [4.69, 9.17) is 21.4 Å². The van der Waals surface area contributed by atoms with Gasteiger partial charge < -0.3 is 15.2 Å². The molecule has 0 spiro atoms. The average molecular weight is 310 g/mol. The third kappa shape index (κ3) is 3.64. The van der Waals surface area contributed by atoms with Crippen molar-refractivity contribution in [3.8, 4) is 5.75 Å². The summed E-state index contributed by atoms with van der Waals surface area (Å²) in [6.45, 7) is 0.148. The van der Waals surface area contributed by atoms with E-state index in [1.165, 1.54) is 19.2 Å². The van der Waals surface area contributed by atoms with Crippen molar-refractivity contribution in [2.75, 3.05) is 12.4 Å². The van der Waals surface area contributed by atoms with E-state index in [0.29, 0.717) is 16.5 Å². The Balaban J connectivity index is 2.14. The first-order valence-corrected chi connectivity index (χ1v) is 6.48. The Hall–Kier alpha value is -2.27. The topological polar surface area (TPSA) is 58.6 Å². The molecule has 0 radical (unpaired) electrons. The Morgan fingerprint density at radius 3 is 2.71 bits per heavy atom. The third-order valence-corrected chi connectivity index (χ3v) is 3.22. The molecule has 0 aliphatic heterocycles. The van der Waals surface area contributed by atoms with Gasteiger partial charge in [0.15, 0.2) is 0 Å². The van der Waals surface area contributed by atoms with Crippen LogP contribution in [-0.2, 0) is 6.54 Å². The van der Waals surface area contributed by atoms with Crippen LogP contribution in [0.2, 0.25) is 5.02 Å². The Kier molecular flexibility index (Phi) is 4.65. The van der Waals surface area contributed by atoms with Crippen molar-refractivity contribution >= 4 is 23.3 Å². The van der Waals surface area contributed by atoms with Gasteiger partial charge in [-0.15, -0.1) is 0 Å². The molecular formula is C15H13ClFNO3. The zero-order valence-corrected chi connectivity index (χ0v) is 11.9. The SMILES string of the molecule is COc1ccc(NCc2cc(C(=O)O)ccc2F)cc1Cl. The molecule has 0 aromatic heterocycles. The van der Waals surface area contributed by atoms with E-state index in [1.54, 1.807) is 18.2 Å². The summed E-state index contributed by atoms with van der Waals surface area (Å²) in [5.41, 5.74) is 0.990. The van der Waals surface area contributed by atoms with Crippen molar-refractivity contribution < 1.29 is 19.0 Å². The molecule has 0 fully saturated rings. The molecule has 2 aromatic carbocycles. The summed E-state index contributed by atoms with van der Waals surface area (Å²) in [5.74, 6) is -1.02. The summed E-state index contributed by atoms with van der Waals surface area (Å²) in [6.07, 6.45) is 0. The quantitative estimate of drug-likeness (QED) is 0.882. The Bertz CT molecular complexity index is 676. The number of hydrogen-bond donors (Lipinski definition) is 2. The number of rotatable bonds is 5. The third-order valence-electron chi connectivity index (χ3n) is 2.93. The number of carboxylic acid groups (broad SMARTS) is 1. The van der Waals surface area contributed by atoms with Crippen LogP contribution in [0, 0.1) is 5.82 Å². The van der Waals surface area contributed by atoms with Crippen LogP contribution in [0.5, 0.6) is 5.75 Å². The standard InChI is InChI=1S/C15H13ClFNO3/c1-21-14-5-3-11(7-12(14)16)18-8-10-6-9(15(19)20)2-4-13(10)17/h2-7,18H,8H2,1H3,(H,19,20). The van der Waals surface area contributed by atoms with Crippen molar-refractivity contribution in [3.05, 3.63) is 58.4 Å². The average Bonchev–Trinajstić information content (AvgIpc) is 2.46. The first kappa shape index (κ1) is 15.1. The molecule has 2 rings (SSSR count). The molecule has 4 nitrogen and oxygen atoms in total. The molecule has 0 aliphatic carbocycles. The zero-order valence-electron chi connectivity index (χ0n) is 11.2. The number of methoxy groups -OCH3 is 1. The Labute approximate surface area is 126 Å². The molecule has 2 aromatic rings. The van der Waals surface area contributed by atoms with Gasteiger partial charge >= 0.3 is 5.97 Å².